The Labute approximate surface area is 152 Å². The monoisotopic (exact) mass is 414 g/mol. The van der Waals surface area contributed by atoms with Crippen LogP contribution in [0.5, 0.6) is 0 Å². The third-order valence-corrected chi connectivity index (χ3v) is 7.69. The fourth-order valence-electron chi connectivity index (χ4n) is 2.44. The number of carbonyl (C=O) groups excluding carboxylic acids is 2. The maximum absolute atomic E-state index is 11.7. The first-order chi connectivity index (χ1) is 12.0. The minimum atomic E-state index is -3.67. The highest BCUT2D eigenvalue weighted by Gasteiger charge is 2.41. The molecule has 0 saturated carbocycles. The van der Waals surface area contributed by atoms with Gasteiger partial charge in [0.05, 0.1) is 0 Å². The molecule has 0 aromatic heterocycles. The molecule has 0 spiro atoms. The Hall–Kier alpha value is -1.24. The largest absolute Gasteiger partial charge is 0.458 e. The zero-order valence-corrected chi connectivity index (χ0v) is 16.1. The average Bonchev–Trinajstić information content (AvgIpc) is 2.95. The summed E-state index contributed by atoms with van der Waals surface area (Å²) in [7, 11) is -7.34. The van der Waals surface area contributed by atoms with Gasteiger partial charge < -0.3 is 9.47 Å². The van der Waals surface area contributed by atoms with Gasteiger partial charge in [0.1, 0.15) is 35.9 Å². The van der Waals surface area contributed by atoms with Crippen LogP contribution in [0.1, 0.15) is 39.5 Å². The van der Waals surface area contributed by atoms with E-state index >= 15 is 0 Å². The Balaban J connectivity index is 1.63. The maximum atomic E-state index is 11.7. The molecule has 0 N–H and O–H groups in total. The van der Waals surface area contributed by atoms with Crippen LogP contribution < -0.4 is 0 Å². The van der Waals surface area contributed by atoms with Crippen molar-refractivity contribution in [2.24, 2.45) is 0 Å². The van der Waals surface area contributed by atoms with E-state index in [0.29, 0.717) is 12.8 Å². The predicted molar refractivity (Wildman–Crippen MR) is 86.9 cm³/mol. The molecule has 0 bridgehead atoms. The molecular formula is C14H22O10S2. The van der Waals surface area contributed by atoms with Crippen molar-refractivity contribution in [3.63, 3.8) is 0 Å². The number of hydrogen-bond donors (Lipinski definition) is 0. The molecule has 12 heteroatoms. The molecule has 150 valence electrons. The SMILES string of the molecule is CC1C(OC(=O)CCCCC(=O)OC2COS(=O)(=O)C2C)COS1(=O)=O. The van der Waals surface area contributed by atoms with Crippen LogP contribution in [0.2, 0.25) is 0 Å². The van der Waals surface area contributed by atoms with Crippen LogP contribution in [0, 0.1) is 0 Å². The van der Waals surface area contributed by atoms with E-state index in [-0.39, 0.29) is 26.1 Å². The van der Waals surface area contributed by atoms with Gasteiger partial charge in [0.15, 0.2) is 0 Å². The van der Waals surface area contributed by atoms with Gasteiger partial charge in [-0.2, -0.15) is 16.8 Å². The fourth-order valence-corrected chi connectivity index (χ4v) is 4.52. The molecule has 2 saturated heterocycles. The van der Waals surface area contributed by atoms with Crippen LogP contribution in [0.3, 0.4) is 0 Å². The van der Waals surface area contributed by atoms with Crippen LogP contribution in [-0.4, -0.2) is 64.7 Å². The summed E-state index contributed by atoms with van der Waals surface area (Å²) in [6.45, 7) is 2.44. The van der Waals surface area contributed by atoms with Crippen molar-refractivity contribution in [2.45, 2.75) is 62.2 Å². The summed E-state index contributed by atoms with van der Waals surface area (Å²) < 4.78 is 64.8. The number of esters is 2. The molecule has 2 fully saturated rings. The quantitative estimate of drug-likeness (QED) is 0.314. The average molecular weight is 414 g/mol. The van der Waals surface area contributed by atoms with E-state index in [0.717, 1.165) is 0 Å². The smallest absolute Gasteiger partial charge is 0.306 e. The standard InChI is InChI=1S/C14H22O10S2/c1-9-11(7-21-25(9,17)18)23-13(15)5-3-4-6-14(16)24-12-8-22-26(19,20)10(12)2/h9-12H,3-8H2,1-2H3. The van der Waals surface area contributed by atoms with Gasteiger partial charge in [-0.3, -0.25) is 18.0 Å². The van der Waals surface area contributed by atoms with Crippen molar-refractivity contribution in [1.29, 1.82) is 0 Å². The topological polar surface area (TPSA) is 139 Å². The van der Waals surface area contributed by atoms with Gasteiger partial charge >= 0.3 is 11.9 Å². The summed E-state index contributed by atoms with van der Waals surface area (Å²) in [6.07, 6.45) is -0.927. The summed E-state index contributed by atoms with van der Waals surface area (Å²) >= 11 is 0. The Morgan fingerprint density at radius 1 is 0.808 bits per heavy atom. The number of carbonyl (C=O) groups is 2. The van der Waals surface area contributed by atoms with Gasteiger partial charge in [-0.05, 0) is 26.7 Å². The van der Waals surface area contributed by atoms with E-state index in [9.17, 15) is 26.4 Å². The second-order valence-electron chi connectivity index (χ2n) is 6.23. The summed E-state index contributed by atoms with van der Waals surface area (Å²) in [6, 6.07) is 0. The zero-order chi connectivity index (χ0) is 19.5. The first-order valence-corrected chi connectivity index (χ1v) is 11.1. The summed E-state index contributed by atoms with van der Waals surface area (Å²) in [5.74, 6) is -1.14. The molecule has 2 heterocycles. The molecule has 0 aliphatic carbocycles. The lowest BCUT2D eigenvalue weighted by Gasteiger charge is -2.14. The Morgan fingerprint density at radius 3 is 1.42 bits per heavy atom. The Morgan fingerprint density at radius 2 is 1.15 bits per heavy atom. The molecule has 0 radical (unpaired) electrons. The predicted octanol–water partition coefficient (Wildman–Crippen LogP) is -0.133. The Bertz CT molecular complexity index is 678. The third-order valence-electron chi connectivity index (χ3n) is 4.33. The molecule has 2 rings (SSSR count). The summed E-state index contributed by atoms with van der Waals surface area (Å²) in [4.78, 5) is 23.4. The lowest BCUT2D eigenvalue weighted by molar-refractivity contribution is -0.151. The van der Waals surface area contributed by atoms with E-state index < -0.39 is 54.9 Å². The normalized spacial score (nSPS) is 32.2. The van der Waals surface area contributed by atoms with E-state index in [1.54, 1.807) is 0 Å². The van der Waals surface area contributed by atoms with Crippen LogP contribution in [-0.2, 0) is 47.7 Å². The van der Waals surface area contributed by atoms with E-state index in [1.807, 2.05) is 0 Å². The first-order valence-electron chi connectivity index (χ1n) is 8.18. The van der Waals surface area contributed by atoms with E-state index in [2.05, 4.69) is 8.37 Å². The molecule has 4 unspecified atom stereocenters. The number of unbranched alkanes of at least 4 members (excludes halogenated alkanes) is 1. The fraction of sp³-hybridized carbons (Fsp3) is 0.857. The number of hydrogen-bond acceptors (Lipinski definition) is 10. The highest BCUT2D eigenvalue weighted by molar-refractivity contribution is 7.87. The van der Waals surface area contributed by atoms with Gasteiger partial charge in [0.2, 0.25) is 0 Å². The van der Waals surface area contributed by atoms with Crippen LogP contribution in [0.15, 0.2) is 0 Å². The molecule has 10 nitrogen and oxygen atoms in total. The van der Waals surface area contributed by atoms with Gasteiger partial charge in [-0.1, -0.05) is 0 Å². The minimum Gasteiger partial charge on any atom is -0.458 e. The maximum Gasteiger partial charge on any atom is 0.306 e. The van der Waals surface area contributed by atoms with Crippen molar-refractivity contribution in [2.75, 3.05) is 13.2 Å². The van der Waals surface area contributed by atoms with Gasteiger partial charge in [0, 0.05) is 12.8 Å². The molecule has 2 aliphatic rings. The second-order valence-corrected chi connectivity index (χ2v) is 10.2. The number of ether oxygens (including phenoxy) is 2. The van der Waals surface area contributed by atoms with E-state index in [4.69, 9.17) is 9.47 Å². The first kappa shape index (κ1) is 21.1. The summed E-state index contributed by atoms with van der Waals surface area (Å²) in [5, 5.41) is -1.82. The lowest BCUT2D eigenvalue weighted by Crippen LogP contribution is -2.29. The van der Waals surface area contributed by atoms with Crippen LogP contribution in [0.25, 0.3) is 0 Å². The summed E-state index contributed by atoms with van der Waals surface area (Å²) in [5.41, 5.74) is 0. The highest BCUT2D eigenvalue weighted by atomic mass is 32.2. The van der Waals surface area contributed by atoms with Gasteiger partial charge in [-0.15, -0.1) is 0 Å². The van der Waals surface area contributed by atoms with Crippen molar-refractivity contribution < 1.29 is 44.3 Å². The van der Waals surface area contributed by atoms with Crippen molar-refractivity contribution in [3.05, 3.63) is 0 Å². The minimum absolute atomic E-state index is 0.0217. The van der Waals surface area contributed by atoms with Crippen molar-refractivity contribution in [1.82, 2.24) is 0 Å². The molecule has 26 heavy (non-hydrogen) atoms. The van der Waals surface area contributed by atoms with Crippen LogP contribution >= 0.6 is 0 Å². The highest BCUT2D eigenvalue weighted by Crippen LogP contribution is 2.22. The molecule has 2 aliphatic heterocycles. The Kier molecular flexibility index (Phi) is 6.64. The molecule has 4 atom stereocenters. The van der Waals surface area contributed by atoms with Gasteiger partial charge in [-0.25, -0.2) is 0 Å². The van der Waals surface area contributed by atoms with Crippen molar-refractivity contribution >= 4 is 32.2 Å². The zero-order valence-electron chi connectivity index (χ0n) is 14.5. The number of rotatable bonds is 7. The molecule has 0 aromatic carbocycles. The molecule has 0 amide bonds. The molecule has 0 aromatic rings. The van der Waals surface area contributed by atoms with Crippen molar-refractivity contribution in [3.8, 4) is 0 Å². The van der Waals surface area contributed by atoms with Crippen LogP contribution in [0.4, 0.5) is 0 Å². The van der Waals surface area contributed by atoms with E-state index in [1.165, 1.54) is 13.8 Å². The lowest BCUT2D eigenvalue weighted by atomic mass is 10.2. The molecular weight excluding hydrogens is 392 g/mol. The second kappa shape index (κ2) is 8.19. The third kappa shape index (κ3) is 5.15. The van der Waals surface area contributed by atoms with Gasteiger partial charge in [0.25, 0.3) is 20.2 Å².